The van der Waals surface area contributed by atoms with Crippen molar-refractivity contribution in [3.05, 3.63) is 41.6 Å². The number of rotatable bonds is 3. The second-order valence-electron chi connectivity index (χ2n) is 9.81. The fourth-order valence-electron chi connectivity index (χ4n) is 4.90. The van der Waals surface area contributed by atoms with Crippen molar-refractivity contribution in [1.82, 2.24) is 15.1 Å². The zero-order valence-corrected chi connectivity index (χ0v) is 26.7. The maximum atomic E-state index is 11.8. The summed E-state index contributed by atoms with van der Waals surface area (Å²) in [4.78, 5) is 36.6. The summed E-state index contributed by atoms with van der Waals surface area (Å²) in [6.45, 7) is 9.46. The van der Waals surface area contributed by atoms with Gasteiger partial charge in [0.2, 0.25) is 5.96 Å². The van der Waals surface area contributed by atoms with E-state index in [4.69, 9.17) is 15.5 Å². The summed E-state index contributed by atoms with van der Waals surface area (Å²) < 4.78 is 7.11. The van der Waals surface area contributed by atoms with E-state index in [2.05, 4.69) is 83.5 Å². The van der Waals surface area contributed by atoms with E-state index in [-0.39, 0.29) is 20.4 Å². The predicted molar refractivity (Wildman–Crippen MR) is 179 cm³/mol. The minimum absolute atomic E-state index is 0. The van der Waals surface area contributed by atoms with E-state index < -0.39 is 11.6 Å². The first-order valence-electron chi connectivity index (χ1n) is 12.6. The van der Waals surface area contributed by atoms with Crippen LogP contribution in [0.4, 0.5) is 4.79 Å². The van der Waals surface area contributed by atoms with Crippen LogP contribution >= 0.6 is 54.5 Å². The first-order chi connectivity index (χ1) is 18.6. The van der Waals surface area contributed by atoms with Gasteiger partial charge in [0.1, 0.15) is 22.7 Å². The molecule has 14 heteroatoms. The van der Waals surface area contributed by atoms with Crippen molar-refractivity contribution < 1.29 is 9.53 Å². The summed E-state index contributed by atoms with van der Waals surface area (Å²) in [5.74, 6) is 3.16. The van der Waals surface area contributed by atoms with Crippen LogP contribution in [0.1, 0.15) is 58.2 Å². The Hall–Kier alpha value is -2.29. The number of nitrogens with two attached hydrogens (primary N) is 1. The van der Waals surface area contributed by atoms with Gasteiger partial charge in [0.25, 0.3) is 0 Å². The minimum Gasteiger partial charge on any atom is -0.450 e. The zero-order chi connectivity index (χ0) is 27.8. The first kappa shape index (κ1) is 33.2. The zero-order valence-electron chi connectivity index (χ0n) is 21.9. The van der Waals surface area contributed by atoms with E-state index in [1.165, 1.54) is 4.88 Å². The Morgan fingerprint density at radius 2 is 1.49 bits per heavy atom. The SMILES string of the molecule is C.C.CCOC(=O)NC1=N[C@](C)(c2cc(Br)cs2)CC2=NCCN21.C[C@@]1(c2cc(Br)cs2)CC2=NCCN2C(N)=N1. The van der Waals surface area contributed by atoms with Crippen molar-refractivity contribution in [2.75, 3.05) is 32.8 Å². The Bertz CT molecular complexity index is 1390. The smallest absolute Gasteiger partial charge is 0.413 e. The van der Waals surface area contributed by atoms with E-state index in [1.807, 2.05) is 15.2 Å². The Balaban J connectivity index is 0.000000221. The number of carbonyl (C=O) groups excluding carboxylic acids is 1. The summed E-state index contributed by atoms with van der Waals surface area (Å²) in [5.41, 5.74) is 5.34. The molecular formula is C27H38Br2N8O2S2. The third-order valence-corrected chi connectivity index (χ3v) is 10.7. The number of ether oxygens (including phenoxy) is 1. The van der Waals surface area contributed by atoms with Gasteiger partial charge in [0, 0.05) is 55.4 Å². The lowest BCUT2D eigenvalue weighted by molar-refractivity contribution is 0.156. The molecule has 2 aromatic heterocycles. The fraction of sp³-hybridized carbons (Fsp3) is 0.519. The van der Waals surface area contributed by atoms with Crippen LogP contribution in [0, 0.1) is 0 Å². The van der Waals surface area contributed by atoms with E-state index in [0.717, 1.165) is 64.5 Å². The quantitative estimate of drug-likeness (QED) is 0.380. The van der Waals surface area contributed by atoms with E-state index >= 15 is 0 Å². The minimum atomic E-state index is -0.482. The average Bonchev–Trinajstić information content (AvgIpc) is 3.67. The molecule has 6 rings (SSSR count). The molecule has 10 nitrogen and oxygen atoms in total. The van der Waals surface area contributed by atoms with E-state index in [0.29, 0.717) is 18.5 Å². The van der Waals surface area contributed by atoms with E-state index in [9.17, 15) is 4.79 Å². The topological polar surface area (TPSA) is 120 Å². The van der Waals surface area contributed by atoms with Gasteiger partial charge in [0.05, 0.1) is 19.7 Å². The summed E-state index contributed by atoms with van der Waals surface area (Å²) in [5, 5.41) is 6.87. The van der Waals surface area contributed by atoms with Crippen molar-refractivity contribution in [2.24, 2.45) is 25.7 Å². The van der Waals surface area contributed by atoms with Gasteiger partial charge >= 0.3 is 6.09 Å². The lowest BCUT2D eigenvalue weighted by atomic mass is 9.94. The van der Waals surface area contributed by atoms with Gasteiger partial charge in [-0.3, -0.25) is 25.1 Å². The van der Waals surface area contributed by atoms with Crippen LogP contribution in [0.15, 0.2) is 51.8 Å². The summed E-state index contributed by atoms with van der Waals surface area (Å²) >= 11 is 10.3. The maximum Gasteiger partial charge on any atom is 0.413 e. The predicted octanol–water partition coefficient (Wildman–Crippen LogP) is 6.38. The molecule has 1 amide bonds. The number of thiophene rings is 2. The highest BCUT2D eigenvalue weighted by molar-refractivity contribution is 9.10. The molecule has 0 aliphatic carbocycles. The molecule has 0 saturated heterocycles. The summed E-state index contributed by atoms with van der Waals surface area (Å²) in [6.07, 6.45) is 1.08. The Kier molecular flexibility index (Phi) is 10.8. The van der Waals surface area contributed by atoms with Crippen LogP contribution in [-0.4, -0.2) is 72.3 Å². The average molecular weight is 731 g/mol. The molecule has 0 unspecified atom stereocenters. The standard InChI is InChI=1S/C14H17BrN4O2S.C11H13BrN4S.2CH4/c1-3-21-13(20)17-12-18-14(2,10-6-9(15)8-22-10)7-11-16-4-5-19(11)12;1-11(8-4-7(12)6-17-8)5-9-14-2-3-16(9)10(13)15-11;;/h6,8H,3-5,7H2,1-2H3,(H,17,18,20);4,6H,2-3,5H2,1H3,(H2,13,15);2*1H4/t14-;11-;;/m00../s1. The third-order valence-electron chi connectivity index (χ3n) is 6.80. The van der Waals surface area contributed by atoms with Crippen molar-refractivity contribution >= 4 is 84.2 Å². The Labute approximate surface area is 267 Å². The normalized spacial score (nSPS) is 24.2. The lowest BCUT2D eigenvalue weighted by Crippen LogP contribution is -2.51. The lowest BCUT2D eigenvalue weighted by Gasteiger charge is -2.35. The maximum absolute atomic E-state index is 11.8. The molecular weight excluding hydrogens is 692 g/mol. The van der Waals surface area contributed by atoms with Crippen LogP contribution in [-0.2, 0) is 15.8 Å². The molecule has 0 radical (unpaired) electrons. The molecule has 0 spiro atoms. The van der Waals surface area contributed by atoms with Gasteiger partial charge in [-0.15, -0.1) is 22.7 Å². The van der Waals surface area contributed by atoms with Gasteiger partial charge in [-0.2, -0.15) is 0 Å². The molecule has 4 aliphatic rings. The Morgan fingerprint density at radius 1 is 0.976 bits per heavy atom. The van der Waals surface area contributed by atoms with Gasteiger partial charge in [-0.05, 0) is 64.8 Å². The van der Waals surface area contributed by atoms with Crippen molar-refractivity contribution in [2.45, 2.75) is 59.5 Å². The number of alkyl carbamates (subject to hydrolysis) is 1. The number of fused-ring (bicyclic) bond motifs is 2. The monoisotopic (exact) mass is 728 g/mol. The number of hydrogen-bond donors (Lipinski definition) is 2. The van der Waals surface area contributed by atoms with E-state index in [1.54, 1.807) is 29.6 Å². The molecule has 4 aliphatic heterocycles. The molecule has 0 saturated carbocycles. The van der Waals surface area contributed by atoms with Gasteiger partial charge in [0.15, 0.2) is 5.96 Å². The molecule has 0 bridgehead atoms. The number of amidine groups is 2. The molecule has 0 fully saturated rings. The van der Waals surface area contributed by atoms with Crippen LogP contribution in [0.2, 0.25) is 0 Å². The number of guanidine groups is 2. The van der Waals surface area contributed by atoms with Crippen molar-refractivity contribution in [1.29, 1.82) is 0 Å². The van der Waals surface area contributed by atoms with Crippen molar-refractivity contribution in [3.8, 4) is 0 Å². The summed E-state index contributed by atoms with van der Waals surface area (Å²) in [7, 11) is 0. The number of aliphatic imine (C=N–C) groups is 4. The van der Waals surface area contributed by atoms with Gasteiger partial charge < -0.3 is 10.5 Å². The number of amides is 1. The third kappa shape index (κ3) is 7.03. The van der Waals surface area contributed by atoms with Crippen LogP contribution < -0.4 is 11.1 Å². The number of hydrogen-bond acceptors (Lipinski definition) is 11. The highest BCUT2D eigenvalue weighted by Crippen LogP contribution is 2.40. The molecule has 224 valence electrons. The van der Waals surface area contributed by atoms with Gasteiger partial charge in [-0.25, -0.2) is 14.8 Å². The first-order valence-corrected chi connectivity index (χ1v) is 15.9. The Morgan fingerprint density at radius 3 is 2.00 bits per heavy atom. The number of nitrogens with one attached hydrogen (secondary N) is 1. The fourth-order valence-corrected chi connectivity index (χ4v) is 7.97. The van der Waals surface area contributed by atoms with Gasteiger partial charge in [-0.1, -0.05) is 14.9 Å². The molecule has 2 atom stereocenters. The molecule has 3 N–H and O–H groups in total. The van der Waals surface area contributed by atoms with Crippen molar-refractivity contribution in [3.63, 3.8) is 0 Å². The second kappa shape index (κ2) is 13.3. The highest BCUT2D eigenvalue weighted by Gasteiger charge is 2.40. The molecule has 41 heavy (non-hydrogen) atoms. The molecule has 6 heterocycles. The van der Waals surface area contributed by atoms with Crippen LogP contribution in [0.5, 0.6) is 0 Å². The van der Waals surface area contributed by atoms with Crippen LogP contribution in [0.3, 0.4) is 0 Å². The number of carbonyl (C=O) groups is 1. The summed E-state index contributed by atoms with van der Waals surface area (Å²) in [6, 6.07) is 4.19. The number of halogens is 2. The van der Waals surface area contributed by atoms with Crippen LogP contribution in [0.25, 0.3) is 0 Å². The molecule has 2 aromatic rings. The molecule has 0 aromatic carbocycles. The second-order valence-corrected chi connectivity index (χ2v) is 13.5. The highest BCUT2D eigenvalue weighted by atomic mass is 79.9. The number of nitrogens with zero attached hydrogens (tertiary/aromatic N) is 6. The largest absolute Gasteiger partial charge is 0.450 e.